The summed E-state index contributed by atoms with van der Waals surface area (Å²) in [5, 5.41) is 15.9. The molecule has 3 aliphatic rings. The number of rotatable bonds is 8. The minimum Gasteiger partial charge on any atom is -0.394 e. The first-order valence-electron chi connectivity index (χ1n) is 12.0. The fourth-order valence-electron chi connectivity index (χ4n) is 6.39. The molecule has 3 amide bonds. The molecule has 3 N–H and O–H groups in total. The third-order valence-corrected chi connectivity index (χ3v) is 7.01. The van der Waals surface area contributed by atoms with E-state index in [1.54, 1.807) is 6.92 Å². The number of aliphatic hydroxyl groups is 1. The molecule has 3 saturated heterocycles. The second kappa shape index (κ2) is 8.60. The van der Waals surface area contributed by atoms with E-state index < -0.39 is 35.1 Å². The predicted molar refractivity (Wildman–Crippen MR) is 121 cm³/mol. The van der Waals surface area contributed by atoms with Crippen LogP contribution < -0.4 is 10.6 Å². The average molecular weight is 452 g/mol. The van der Waals surface area contributed by atoms with Crippen LogP contribution in [-0.2, 0) is 19.1 Å². The van der Waals surface area contributed by atoms with Crippen LogP contribution in [0.2, 0.25) is 0 Å². The lowest BCUT2D eigenvalue weighted by atomic mass is 9.70. The molecular formula is C24H41N3O5. The van der Waals surface area contributed by atoms with Gasteiger partial charge in [0.15, 0.2) is 0 Å². The number of hydrogen-bond donors (Lipinski definition) is 3. The number of carbonyl (C=O) groups excluding carboxylic acids is 3. The number of nitrogens with zero attached hydrogens (tertiary/aromatic N) is 1. The van der Waals surface area contributed by atoms with Gasteiger partial charge in [0.25, 0.3) is 0 Å². The molecular weight excluding hydrogens is 410 g/mol. The summed E-state index contributed by atoms with van der Waals surface area (Å²) in [4.78, 5) is 41.8. The molecule has 0 saturated carbocycles. The molecule has 0 aromatic rings. The van der Waals surface area contributed by atoms with Gasteiger partial charge in [-0.05, 0) is 51.9 Å². The minimum atomic E-state index is -1.03. The number of hydrogen-bond acceptors (Lipinski definition) is 5. The quantitative estimate of drug-likeness (QED) is 0.520. The third kappa shape index (κ3) is 4.28. The molecule has 2 bridgehead atoms. The zero-order valence-corrected chi connectivity index (χ0v) is 20.7. The van der Waals surface area contributed by atoms with Crippen LogP contribution in [0.1, 0.15) is 74.1 Å². The van der Waals surface area contributed by atoms with E-state index >= 15 is 0 Å². The van der Waals surface area contributed by atoms with Crippen molar-refractivity contribution in [3.63, 3.8) is 0 Å². The first-order valence-corrected chi connectivity index (χ1v) is 12.0. The Hall–Kier alpha value is -1.67. The van der Waals surface area contributed by atoms with Gasteiger partial charge in [-0.1, -0.05) is 27.7 Å². The molecule has 0 aromatic carbocycles. The van der Waals surface area contributed by atoms with Crippen LogP contribution in [0.4, 0.5) is 0 Å². The predicted octanol–water partition coefficient (Wildman–Crippen LogP) is 1.60. The van der Waals surface area contributed by atoms with Crippen molar-refractivity contribution in [1.29, 1.82) is 0 Å². The van der Waals surface area contributed by atoms with Gasteiger partial charge in [-0.2, -0.15) is 0 Å². The van der Waals surface area contributed by atoms with E-state index in [-0.39, 0.29) is 35.8 Å². The summed E-state index contributed by atoms with van der Waals surface area (Å²) in [6, 6.07) is -1.42. The van der Waals surface area contributed by atoms with Gasteiger partial charge in [-0.3, -0.25) is 14.4 Å². The number of amides is 3. The molecule has 0 radical (unpaired) electrons. The molecule has 3 heterocycles. The topological polar surface area (TPSA) is 108 Å². The average Bonchev–Trinajstić information content (AvgIpc) is 3.30. The lowest BCUT2D eigenvalue weighted by Crippen LogP contribution is -2.61. The Morgan fingerprint density at radius 2 is 1.91 bits per heavy atom. The Labute approximate surface area is 191 Å². The third-order valence-electron chi connectivity index (χ3n) is 7.01. The molecule has 0 aromatic heterocycles. The summed E-state index contributed by atoms with van der Waals surface area (Å²) in [6.07, 6.45) is 2.40. The summed E-state index contributed by atoms with van der Waals surface area (Å²) in [6.45, 7) is 14.3. The van der Waals surface area contributed by atoms with E-state index in [0.29, 0.717) is 19.4 Å². The number of ether oxygens (including phenoxy) is 1. The molecule has 3 fully saturated rings. The summed E-state index contributed by atoms with van der Waals surface area (Å²) in [5.41, 5.74) is -1.51. The van der Waals surface area contributed by atoms with Crippen LogP contribution in [0.3, 0.4) is 0 Å². The first kappa shape index (κ1) is 25.0. The van der Waals surface area contributed by atoms with Crippen LogP contribution in [0, 0.1) is 17.3 Å². The fourth-order valence-corrected chi connectivity index (χ4v) is 6.39. The lowest BCUT2D eigenvalue weighted by molar-refractivity contribution is -0.146. The van der Waals surface area contributed by atoms with Crippen molar-refractivity contribution in [1.82, 2.24) is 15.5 Å². The van der Waals surface area contributed by atoms with E-state index in [4.69, 9.17) is 4.74 Å². The maximum Gasteiger partial charge on any atom is 0.246 e. The highest BCUT2D eigenvalue weighted by atomic mass is 16.5. The Kier molecular flexibility index (Phi) is 6.71. The lowest BCUT2D eigenvalue weighted by Gasteiger charge is -2.39. The second-order valence-electron chi connectivity index (χ2n) is 11.7. The van der Waals surface area contributed by atoms with Crippen molar-refractivity contribution in [2.75, 3.05) is 13.2 Å². The van der Waals surface area contributed by atoms with Gasteiger partial charge >= 0.3 is 0 Å². The van der Waals surface area contributed by atoms with E-state index in [9.17, 15) is 19.5 Å². The molecule has 3 rings (SSSR count). The molecule has 8 nitrogen and oxygen atoms in total. The van der Waals surface area contributed by atoms with Crippen molar-refractivity contribution in [2.24, 2.45) is 17.3 Å². The van der Waals surface area contributed by atoms with Crippen LogP contribution in [0.5, 0.6) is 0 Å². The van der Waals surface area contributed by atoms with Crippen LogP contribution in [0.25, 0.3) is 0 Å². The fraction of sp³-hybridized carbons (Fsp3) is 0.875. The largest absolute Gasteiger partial charge is 0.394 e. The molecule has 6 atom stereocenters. The van der Waals surface area contributed by atoms with E-state index in [0.717, 1.165) is 12.8 Å². The van der Waals surface area contributed by atoms with Gasteiger partial charge in [-0.15, -0.1) is 0 Å². The Bertz CT molecular complexity index is 761. The molecule has 8 heteroatoms. The van der Waals surface area contributed by atoms with Crippen LogP contribution in [-0.4, -0.2) is 70.2 Å². The highest BCUT2D eigenvalue weighted by Gasteiger charge is 2.74. The zero-order chi connectivity index (χ0) is 24.1. The Morgan fingerprint density at radius 3 is 2.47 bits per heavy atom. The summed E-state index contributed by atoms with van der Waals surface area (Å²) < 4.78 is 6.38. The smallest absolute Gasteiger partial charge is 0.246 e. The van der Waals surface area contributed by atoms with E-state index in [1.807, 2.05) is 20.8 Å². The molecule has 3 aliphatic heterocycles. The van der Waals surface area contributed by atoms with Crippen LogP contribution in [0.15, 0.2) is 0 Å². The maximum absolute atomic E-state index is 13.7. The van der Waals surface area contributed by atoms with Crippen molar-refractivity contribution in [2.45, 2.75) is 103 Å². The minimum absolute atomic E-state index is 0.00590. The van der Waals surface area contributed by atoms with Gasteiger partial charge in [0.05, 0.1) is 30.6 Å². The van der Waals surface area contributed by atoms with Gasteiger partial charge < -0.3 is 25.4 Å². The molecule has 1 spiro atoms. The van der Waals surface area contributed by atoms with Crippen molar-refractivity contribution >= 4 is 17.7 Å². The van der Waals surface area contributed by atoms with Gasteiger partial charge in [0, 0.05) is 12.1 Å². The summed E-state index contributed by atoms with van der Waals surface area (Å²) in [5.74, 6) is -2.02. The van der Waals surface area contributed by atoms with Crippen molar-refractivity contribution < 1.29 is 24.2 Å². The monoisotopic (exact) mass is 451 g/mol. The number of likely N-dealkylation sites (tertiary alicyclic amines) is 1. The van der Waals surface area contributed by atoms with Gasteiger partial charge in [0.1, 0.15) is 11.6 Å². The van der Waals surface area contributed by atoms with Gasteiger partial charge in [0.2, 0.25) is 17.7 Å². The van der Waals surface area contributed by atoms with Crippen molar-refractivity contribution in [3.05, 3.63) is 0 Å². The first-order chi connectivity index (χ1) is 14.8. The van der Waals surface area contributed by atoms with Crippen LogP contribution >= 0.6 is 0 Å². The normalized spacial score (nSPS) is 32.8. The Morgan fingerprint density at radius 1 is 1.25 bits per heavy atom. The summed E-state index contributed by atoms with van der Waals surface area (Å²) >= 11 is 0. The zero-order valence-electron chi connectivity index (χ0n) is 20.7. The molecule has 2 unspecified atom stereocenters. The molecule has 32 heavy (non-hydrogen) atoms. The number of carbonyl (C=O) groups is 3. The van der Waals surface area contributed by atoms with E-state index in [2.05, 4.69) is 31.4 Å². The molecule has 0 aliphatic carbocycles. The number of fused-ring (bicyclic) bond motifs is 1. The summed E-state index contributed by atoms with van der Waals surface area (Å²) in [7, 11) is 0. The number of nitrogens with one attached hydrogen (secondary N) is 2. The number of aliphatic hydroxyl groups excluding tert-OH is 1. The highest BCUT2D eigenvalue weighted by Crippen LogP contribution is 2.58. The highest BCUT2D eigenvalue weighted by molar-refractivity contribution is 5.99. The molecule has 182 valence electrons. The van der Waals surface area contributed by atoms with Crippen molar-refractivity contribution in [3.8, 4) is 0 Å². The maximum atomic E-state index is 13.7. The Balaban J connectivity index is 1.95. The SMILES string of the molecule is CCCNC(=O)[C@@H]1[C@@H]2CCC3(O2)C(C(=O)NC(C)(C)CC(C)(C)C)N([C@H](C)CO)C(=O)[C@H]13. The van der Waals surface area contributed by atoms with Gasteiger partial charge in [-0.25, -0.2) is 0 Å². The second-order valence-corrected chi connectivity index (χ2v) is 11.7. The standard InChI is InChI=1S/C24H41N3O5/c1-8-11-25-19(29)16-15-9-10-24(32-15)17(16)21(31)27(14(2)12-28)18(24)20(30)26-23(6,7)13-22(3,4)5/h14-18,28H,8-13H2,1-7H3,(H,25,29)(H,26,30)/t14-,15+,16-,17+,18?,24?/m1/s1. The van der Waals surface area contributed by atoms with E-state index in [1.165, 1.54) is 4.90 Å².